The monoisotopic (exact) mass is 256 g/mol. The van der Waals surface area contributed by atoms with Gasteiger partial charge in [0.2, 0.25) is 5.76 Å². The second-order valence-electron chi connectivity index (χ2n) is 4.03. The number of para-hydroxylation sites is 1. The Morgan fingerprint density at radius 1 is 1.37 bits per heavy atom. The summed E-state index contributed by atoms with van der Waals surface area (Å²) in [4.78, 5) is 10.7. The molecule has 0 aliphatic heterocycles. The largest absolute Gasteiger partial charge is 0.475 e. The number of carbonyl (C=O) groups is 1. The van der Waals surface area contributed by atoms with Gasteiger partial charge in [0.05, 0.1) is 17.3 Å². The molecule has 0 spiro atoms. The third kappa shape index (κ3) is 2.75. The van der Waals surface area contributed by atoms with Crippen LogP contribution in [0.25, 0.3) is 0 Å². The lowest BCUT2D eigenvalue weighted by Gasteiger charge is -2.13. The second kappa shape index (κ2) is 5.27. The summed E-state index contributed by atoms with van der Waals surface area (Å²) in [5.74, 6) is -0.696. The third-order valence-electron chi connectivity index (χ3n) is 2.68. The molecule has 1 aromatic carbocycles. The first kappa shape index (κ1) is 12.7. The van der Waals surface area contributed by atoms with Crippen molar-refractivity contribution in [3.63, 3.8) is 0 Å². The van der Waals surface area contributed by atoms with E-state index in [4.69, 9.17) is 14.8 Å². The van der Waals surface area contributed by atoms with Gasteiger partial charge >= 0.3 is 5.97 Å². The average molecular weight is 256 g/mol. The number of benzene rings is 1. The van der Waals surface area contributed by atoms with Gasteiger partial charge in [-0.25, -0.2) is 4.79 Å². The fourth-order valence-corrected chi connectivity index (χ4v) is 1.71. The highest BCUT2D eigenvalue weighted by atomic mass is 16.4. The molecule has 0 radical (unpaired) electrons. The molecule has 0 saturated carbocycles. The molecule has 0 amide bonds. The number of hydrogen-bond acceptors (Lipinski definition) is 4. The molecule has 96 valence electrons. The fourth-order valence-electron chi connectivity index (χ4n) is 1.71. The van der Waals surface area contributed by atoms with Crippen LogP contribution >= 0.6 is 0 Å². The minimum atomic E-state index is -1.10. The maximum absolute atomic E-state index is 10.7. The van der Waals surface area contributed by atoms with Crippen molar-refractivity contribution in [2.75, 3.05) is 5.32 Å². The molecule has 2 aromatic rings. The van der Waals surface area contributed by atoms with Crippen LogP contribution in [0.4, 0.5) is 5.69 Å². The fraction of sp³-hybridized carbons (Fsp3) is 0.143. The van der Waals surface area contributed by atoms with Crippen molar-refractivity contribution < 1.29 is 14.3 Å². The smallest absolute Gasteiger partial charge is 0.371 e. The predicted octanol–water partition coefficient (Wildman–Crippen LogP) is 3.02. The summed E-state index contributed by atoms with van der Waals surface area (Å²) in [6, 6.07) is 12.0. The van der Waals surface area contributed by atoms with Gasteiger partial charge in [0, 0.05) is 0 Å². The van der Waals surface area contributed by atoms with E-state index in [0.29, 0.717) is 17.0 Å². The molecule has 19 heavy (non-hydrogen) atoms. The molecule has 0 bridgehead atoms. The lowest BCUT2D eigenvalue weighted by molar-refractivity contribution is 0.0660. The molecule has 5 nitrogen and oxygen atoms in total. The molecule has 5 heteroatoms. The van der Waals surface area contributed by atoms with Crippen LogP contribution < -0.4 is 5.32 Å². The SMILES string of the molecule is CC(Nc1ccccc1C#N)c1ccc(C(=O)O)o1. The summed E-state index contributed by atoms with van der Waals surface area (Å²) in [5.41, 5.74) is 1.21. The van der Waals surface area contributed by atoms with Gasteiger partial charge in [-0.2, -0.15) is 5.26 Å². The van der Waals surface area contributed by atoms with E-state index in [1.54, 1.807) is 24.3 Å². The summed E-state index contributed by atoms with van der Waals surface area (Å²) in [6.07, 6.45) is 0. The quantitative estimate of drug-likeness (QED) is 0.878. The normalized spacial score (nSPS) is 11.6. The van der Waals surface area contributed by atoms with Gasteiger partial charge in [0.15, 0.2) is 0 Å². The van der Waals surface area contributed by atoms with Gasteiger partial charge in [-0.1, -0.05) is 12.1 Å². The van der Waals surface area contributed by atoms with E-state index < -0.39 is 5.97 Å². The molecular formula is C14H12N2O3. The van der Waals surface area contributed by atoms with Crippen LogP contribution in [0.2, 0.25) is 0 Å². The molecule has 1 atom stereocenters. The summed E-state index contributed by atoms with van der Waals surface area (Å²) in [5, 5.41) is 20.9. The highest BCUT2D eigenvalue weighted by Gasteiger charge is 2.14. The Morgan fingerprint density at radius 2 is 2.11 bits per heavy atom. The van der Waals surface area contributed by atoms with E-state index in [1.165, 1.54) is 6.07 Å². The van der Waals surface area contributed by atoms with Crippen LogP contribution in [0.3, 0.4) is 0 Å². The Kier molecular flexibility index (Phi) is 3.53. The molecule has 1 aromatic heterocycles. The molecule has 2 N–H and O–H groups in total. The Morgan fingerprint density at radius 3 is 2.74 bits per heavy atom. The molecule has 0 aliphatic rings. The van der Waals surface area contributed by atoms with Gasteiger partial charge in [0.1, 0.15) is 11.8 Å². The molecule has 0 aliphatic carbocycles. The number of carboxylic acids is 1. The van der Waals surface area contributed by atoms with E-state index >= 15 is 0 Å². The molecule has 1 unspecified atom stereocenters. The third-order valence-corrected chi connectivity index (χ3v) is 2.68. The van der Waals surface area contributed by atoms with E-state index in [2.05, 4.69) is 11.4 Å². The number of carboxylic acid groups (broad SMARTS) is 1. The van der Waals surface area contributed by atoms with Crippen LogP contribution in [0.5, 0.6) is 0 Å². The number of furan rings is 1. The summed E-state index contributed by atoms with van der Waals surface area (Å²) in [7, 11) is 0. The lowest BCUT2D eigenvalue weighted by Crippen LogP contribution is -2.07. The summed E-state index contributed by atoms with van der Waals surface area (Å²) in [6.45, 7) is 1.83. The molecular weight excluding hydrogens is 244 g/mol. The van der Waals surface area contributed by atoms with Crippen molar-refractivity contribution in [1.29, 1.82) is 5.26 Å². The zero-order valence-electron chi connectivity index (χ0n) is 10.3. The number of hydrogen-bond donors (Lipinski definition) is 2. The molecule has 2 rings (SSSR count). The van der Waals surface area contributed by atoms with Gasteiger partial charge in [-0.15, -0.1) is 0 Å². The Hall–Kier alpha value is -2.74. The summed E-state index contributed by atoms with van der Waals surface area (Å²) >= 11 is 0. The van der Waals surface area contributed by atoms with Crippen molar-refractivity contribution in [2.24, 2.45) is 0 Å². The Balaban J connectivity index is 2.18. The maximum atomic E-state index is 10.7. The summed E-state index contributed by atoms with van der Waals surface area (Å²) < 4.78 is 5.21. The van der Waals surface area contributed by atoms with Crippen LogP contribution in [0.1, 0.15) is 34.8 Å². The zero-order chi connectivity index (χ0) is 13.8. The van der Waals surface area contributed by atoms with Crippen molar-refractivity contribution >= 4 is 11.7 Å². The van der Waals surface area contributed by atoms with Crippen molar-refractivity contribution in [1.82, 2.24) is 0 Å². The predicted molar refractivity (Wildman–Crippen MR) is 68.9 cm³/mol. The standard InChI is InChI=1S/C14H12N2O3/c1-9(12-6-7-13(19-12)14(17)18)16-11-5-3-2-4-10(11)8-15/h2-7,9,16H,1H3,(H,17,18). The number of nitrogens with one attached hydrogen (secondary N) is 1. The van der Waals surface area contributed by atoms with E-state index in [0.717, 1.165) is 0 Å². The lowest BCUT2D eigenvalue weighted by atomic mass is 10.1. The molecule has 0 saturated heterocycles. The van der Waals surface area contributed by atoms with E-state index in [9.17, 15) is 4.79 Å². The highest BCUT2D eigenvalue weighted by molar-refractivity contribution is 5.84. The zero-order valence-corrected chi connectivity index (χ0v) is 10.3. The highest BCUT2D eigenvalue weighted by Crippen LogP contribution is 2.23. The van der Waals surface area contributed by atoms with Crippen molar-refractivity contribution in [3.8, 4) is 6.07 Å². The van der Waals surface area contributed by atoms with Crippen LogP contribution in [0.15, 0.2) is 40.8 Å². The Bertz CT molecular complexity index is 640. The van der Waals surface area contributed by atoms with Gasteiger partial charge < -0.3 is 14.8 Å². The van der Waals surface area contributed by atoms with Crippen LogP contribution in [0, 0.1) is 11.3 Å². The van der Waals surface area contributed by atoms with Gasteiger partial charge in [-0.05, 0) is 31.2 Å². The van der Waals surface area contributed by atoms with Crippen LogP contribution in [-0.4, -0.2) is 11.1 Å². The average Bonchev–Trinajstić information content (AvgIpc) is 2.89. The first-order valence-corrected chi connectivity index (χ1v) is 5.70. The topological polar surface area (TPSA) is 86.3 Å². The number of nitriles is 1. The number of aromatic carboxylic acids is 1. The number of rotatable bonds is 4. The van der Waals surface area contributed by atoms with Crippen LogP contribution in [-0.2, 0) is 0 Å². The Labute approximate surface area is 110 Å². The van der Waals surface area contributed by atoms with E-state index in [1.807, 2.05) is 13.0 Å². The van der Waals surface area contributed by atoms with Gasteiger partial charge in [0.25, 0.3) is 0 Å². The number of anilines is 1. The first-order valence-electron chi connectivity index (χ1n) is 5.70. The minimum Gasteiger partial charge on any atom is -0.475 e. The minimum absolute atomic E-state index is 0.0998. The second-order valence-corrected chi connectivity index (χ2v) is 4.03. The van der Waals surface area contributed by atoms with Gasteiger partial charge in [-0.3, -0.25) is 0 Å². The molecule has 0 fully saturated rings. The van der Waals surface area contributed by atoms with Crippen molar-refractivity contribution in [2.45, 2.75) is 13.0 Å². The maximum Gasteiger partial charge on any atom is 0.371 e. The molecule has 1 heterocycles. The van der Waals surface area contributed by atoms with E-state index in [-0.39, 0.29) is 11.8 Å². The number of nitrogens with zero attached hydrogens (tertiary/aromatic N) is 1. The van der Waals surface area contributed by atoms with Crippen molar-refractivity contribution in [3.05, 3.63) is 53.5 Å². The first-order chi connectivity index (χ1) is 9.11.